The molecule has 0 aromatic heterocycles. The minimum absolute atomic E-state index is 0. The molecule has 3 nitrogen and oxygen atoms in total. The molecule has 112 valence electrons. The summed E-state index contributed by atoms with van der Waals surface area (Å²) < 4.78 is 0. The summed E-state index contributed by atoms with van der Waals surface area (Å²) in [6.07, 6.45) is 5.63. The maximum absolute atomic E-state index is 12.4. The summed E-state index contributed by atoms with van der Waals surface area (Å²) in [4.78, 5) is 14.6. The molecule has 0 aliphatic carbocycles. The van der Waals surface area contributed by atoms with Crippen molar-refractivity contribution in [3.63, 3.8) is 0 Å². The average Bonchev–Trinajstić information content (AvgIpc) is 2.70. The molecule has 2 heterocycles. The van der Waals surface area contributed by atoms with Crippen LogP contribution in [0.3, 0.4) is 0 Å². The van der Waals surface area contributed by atoms with E-state index in [1.807, 2.05) is 0 Å². The normalized spacial score (nSPS) is 32.8. The number of piperidine rings is 1. The maximum Gasteiger partial charge on any atom is 0.223 e. The molecule has 4 heteroatoms. The van der Waals surface area contributed by atoms with Crippen molar-refractivity contribution in [1.82, 2.24) is 10.2 Å². The molecule has 4 atom stereocenters. The highest BCUT2D eigenvalue weighted by molar-refractivity contribution is 5.85. The van der Waals surface area contributed by atoms with E-state index in [1.165, 1.54) is 25.7 Å². The van der Waals surface area contributed by atoms with Crippen LogP contribution in [-0.4, -0.2) is 36.0 Å². The smallest absolute Gasteiger partial charge is 0.223 e. The van der Waals surface area contributed by atoms with E-state index in [2.05, 4.69) is 31.0 Å². The molecule has 2 saturated heterocycles. The minimum Gasteiger partial charge on any atom is -0.337 e. The topological polar surface area (TPSA) is 32.3 Å². The van der Waals surface area contributed by atoms with Gasteiger partial charge < -0.3 is 10.2 Å². The summed E-state index contributed by atoms with van der Waals surface area (Å²) in [5.41, 5.74) is 0. The van der Waals surface area contributed by atoms with Crippen molar-refractivity contribution < 1.29 is 4.79 Å². The highest BCUT2D eigenvalue weighted by Gasteiger charge is 2.32. The van der Waals surface area contributed by atoms with Crippen molar-refractivity contribution >= 4 is 18.3 Å². The molecule has 2 aliphatic rings. The summed E-state index contributed by atoms with van der Waals surface area (Å²) in [5, 5.41) is 3.45. The highest BCUT2D eigenvalue weighted by atomic mass is 35.5. The molecule has 0 aromatic rings. The molecule has 2 aliphatic heterocycles. The Labute approximate surface area is 123 Å². The number of rotatable bonds is 3. The first-order chi connectivity index (χ1) is 8.59. The lowest BCUT2D eigenvalue weighted by atomic mass is 9.85. The van der Waals surface area contributed by atoms with Crippen LogP contribution in [0, 0.1) is 11.8 Å². The number of hydrogen-bond acceptors (Lipinski definition) is 2. The number of hydrogen-bond donors (Lipinski definition) is 1. The lowest BCUT2D eigenvalue weighted by Gasteiger charge is -2.31. The number of amides is 1. The Hall–Kier alpha value is -0.280. The second-order valence-corrected chi connectivity index (χ2v) is 6.36. The van der Waals surface area contributed by atoms with Gasteiger partial charge in [0, 0.05) is 18.5 Å². The first kappa shape index (κ1) is 16.8. The Morgan fingerprint density at radius 2 is 1.89 bits per heavy atom. The number of carbonyl (C=O) groups excluding carboxylic acids is 1. The standard InChI is InChI=1S/C15H28N2O.ClH/c1-11(14-5-4-8-16-10-14)9-15(18)17-12(2)6-7-13(17)3;/h11-14,16H,4-10H2,1-3H3;1H. The van der Waals surface area contributed by atoms with Crippen molar-refractivity contribution in [3.05, 3.63) is 0 Å². The van der Waals surface area contributed by atoms with E-state index in [1.54, 1.807) is 0 Å². The average molecular weight is 289 g/mol. The van der Waals surface area contributed by atoms with Gasteiger partial charge in [-0.25, -0.2) is 0 Å². The van der Waals surface area contributed by atoms with Gasteiger partial charge >= 0.3 is 0 Å². The van der Waals surface area contributed by atoms with Gasteiger partial charge in [-0.05, 0) is 64.5 Å². The van der Waals surface area contributed by atoms with E-state index < -0.39 is 0 Å². The van der Waals surface area contributed by atoms with Crippen LogP contribution in [0.15, 0.2) is 0 Å². The van der Waals surface area contributed by atoms with E-state index >= 15 is 0 Å². The zero-order chi connectivity index (χ0) is 13.1. The van der Waals surface area contributed by atoms with Crippen LogP contribution in [0.25, 0.3) is 0 Å². The third-order valence-corrected chi connectivity index (χ3v) is 4.88. The van der Waals surface area contributed by atoms with Gasteiger partial charge in [-0.15, -0.1) is 12.4 Å². The number of carbonyl (C=O) groups is 1. The molecule has 1 amide bonds. The van der Waals surface area contributed by atoms with Crippen LogP contribution in [0.4, 0.5) is 0 Å². The molecule has 0 aromatic carbocycles. The molecule has 2 rings (SSSR count). The minimum atomic E-state index is 0. The first-order valence-electron chi connectivity index (χ1n) is 7.61. The van der Waals surface area contributed by atoms with E-state index in [0.29, 0.717) is 29.8 Å². The molecular weight excluding hydrogens is 260 g/mol. The predicted octanol–water partition coefficient (Wildman–Crippen LogP) is 2.83. The van der Waals surface area contributed by atoms with Gasteiger partial charge in [0.25, 0.3) is 0 Å². The predicted molar refractivity (Wildman–Crippen MR) is 81.6 cm³/mol. The number of halogens is 1. The molecule has 0 spiro atoms. The van der Waals surface area contributed by atoms with Gasteiger partial charge in [0.15, 0.2) is 0 Å². The molecule has 0 saturated carbocycles. The zero-order valence-corrected chi connectivity index (χ0v) is 13.3. The zero-order valence-electron chi connectivity index (χ0n) is 12.5. The summed E-state index contributed by atoms with van der Waals surface area (Å²) >= 11 is 0. The van der Waals surface area contributed by atoms with Crippen LogP contribution in [0.1, 0.15) is 52.9 Å². The van der Waals surface area contributed by atoms with E-state index in [9.17, 15) is 4.79 Å². The Kier molecular flexibility index (Phi) is 6.61. The van der Waals surface area contributed by atoms with Crippen molar-refractivity contribution in [3.8, 4) is 0 Å². The molecule has 0 radical (unpaired) electrons. The molecule has 0 bridgehead atoms. The van der Waals surface area contributed by atoms with Crippen LogP contribution >= 0.6 is 12.4 Å². The molecule has 1 N–H and O–H groups in total. The van der Waals surface area contributed by atoms with E-state index in [0.717, 1.165) is 19.5 Å². The Balaban J connectivity index is 0.00000180. The molecule has 2 fully saturated rings. The van der Waals surface area contributed by atoms with E-state index in [4.69, 9.17) is 0 Å². The highest BCUT2D eigenvalue weighted by Crippen LogP contribution is 2.28. The van der Waals surface area contributed by atoms with Crippen molar-refractivity contribution in [2.75, 3.05) is 13.1 Å². The van der Waals surface area contributed by atoms with Gasteiger partial charge in [0.2, 0.25) is 5.91 Å². The Morgan fingerprint density at radius 3 is 2.42 bits per heavy atom. The molecule has 4 unspecified atom stereocenters. The van der Waals surface area contributed by atoms with Gasteiger partial charge in [-0.1, -0.05) is 6.92 Å². The number of nitrogens with zero attached hydrogens (tertiary/aromatic N) is 1. The molecule has 19 heavy (non-hydrogen) atoms. The first-order valence-corrected chi connectivity index (χ1v) is 7.61. The third kappa shape index (κ3) is 4.09. The molecular formula is C15H29ClN2O. The fourth-order valence-electron chi connectivity index (χ4n) is 3.60. The van der Waals surface area contributed by atoms with Gasteiger partial charge in [-0.2, -0.15) is 0 Å². The Morgan fingerprint density at radius 1 is 1.26 bits per heavy atom. The summed E-state index contributed by atoms with van der Waals surface area (Å²) in [5.74, 6) is 1.59. The third-order valence-electron chi connectivity index (χ3n) is 4.88. The maximum atomic E-state index is 12.4. The lowest BCUT2D eigenvalue weighted by Crippen LogP contribution is -2.41. The van der Waals surface area contributed by atoms with Crippen LogP contribution in [0.2, 0.25) is 0 Å². The van der Waals surface area contributed by atoms with Crippen LogP contribution < -0.4 is 5.32 Å². The monoisotopic (exact) mass is 288 g/mol. The number of likely N-dealkylation sites (tertiary alicyclic amines) is 1. The fourth-order valence-corrected chi connectivity index (χ4v) is 3.60. The SMILES string of the molecule is CC(CC(=O)N1C(C)CCC1C)C1CCCNC1.Cl. The largest absolute Gasteiger partial charge is 0.337 e. The van der Waals surface area contributed by atoms with Gasteiger partial charge in [0.1, 0.15) is 0 Å². The van der Waals surface area contributed by atoms with E-state index in [-0.39, 0.29) is 12.4 Å². The Bertz CT molecular complexity index is 282. The summed E-state index contributed by atoms with van der Waals surface area (Å²) in [6, 6.07) is 0.897. The summed E-state index contributed by atoms with van der Waals surface area (Å²) in [7, 11) is 0. The summed E-state index contributed by atoms with van der Waals surface area (Å²) in [6.45, 7) is 8.88. The van der Waals surface area contributed by atoms with Crippen molar-refractivity contribution in [2.45, 2.75) is 65.0 Å². The second kappa shape index (κ2) is 7.49. The van der Waals surface area contributed by atoms with Crippen LogP contribution in [-0.2, 0) is 4.79 Å². The van der Waals surface area contributed by atoms with Crippen LogP contribution in [0.5, 0.6) is 0 Å². The van der Waals surface area contributed by atoms with Crippen molar-refractivity contribution in [2.24, 2.45) is 11.8 Å². The quantitative estimate of drug-likeness (QED) is 0.866. The second-order valence-electron chi connectivity index (χ2n) is 6.36. The van der Waals surface area contributed by atoms with Gasteiger partial charge in [-0.3, -0.25) is 4.79 Å². The van der Waals surface area contributed by atoms with Crippen molar-refractivity contribution in [1.29, 1.82) is 0 Å². The van der Waals surface area contributed by atoms with Gasteiger partial charge in [0.05, 0.1) is 0 Å². The lowest BCUT2D eigenvalue weighted by molar-refractivity contribution is -0.134. The number of nitrogens with one attached hydrogen (secondary N) is 1. The fraction of sp³-hybridized carbons (Fsp3) is 0.933.